The van der Waals surface area contributed by atoms with E-state index in [9.17, 15) is 18.4 Å². The van der Waals surface area contributed by atoms with Crippen LogP contribution >= 0.6 is 0 Å². The van der Waals surface area contributed by atoms with E-state index in [4.69, 9.17) is 9.15 Å². The molecule has 1 fully saturated rings. The lowest BCUT2D eigenvalue weighted by molar-refractivity contribution is -0.136. The Bertz CT molecular complexity index is 792. The highest BCUT2D eigenvalue weighted by molar-refractivity contribution is 6.39. The van der Waals surface area contributed by atoms with Crippen molar-refractivity contribution in [2.75, 3.05) is 38.2 Å². The van der Waals surface area contributed by atoms with Gasteiger partial charge in [-0.1, -0.05) is 0 Å². The molecule has 2 aromatic rings. The molecule has 2 N–H and O–H groups in total. The molecular formula is C18H19F2N3O4. The zero-order valence-corrected chi connectivity index (χ0v) is 14.4. The second-order valence-electron chi connectivity index (χ2n) is 5.97. The van der Waals surface area contributed by atoms with Crippen molar-refractivity contribution < 1.29 is 27.5 Å². The number of amides is 2. The lowest BCUT2D eigenvalue weighted by atomic mass is 10.1. The summed E-state index contributed by atoms with van der Waals surface area (Å²) in [5, 5.41) is 4.58. The van der Waals surface area contributed by atoms with Crippen LogP contribution in [0.4, 0.5) is 14.5 Å². The van der Waals surface area contributed by atoms with Crippen LogP contribution in [-0.2, 0) is 14.3 Å². The summed E-state index contributed by atoms with van der Waals surface area (Å²) in [5.41, 5.74) is -0.397. The first-order valence-electron chi connectivity index (χ1n) is 8.44. The van der Waals surface area contributed by atoms with Crippen molar-refractivity contribution in [3.05, 3.63) is 54.0 Å². The Morgan fingerprint density at radius 1 is 1.15 bits per heavy atom. The van der Waals surface area contributed by atoms with Gasteiger partial charge in [-0.15, -0.1) is 0 Å². The lowest BCUT2D eigenvalue weighted by Crippen LogP contribution is -2.45. The maximum absolute atomic E-state index is 13.6. The average molecular weight is 379 g/mol. The van der Waals surface area contributed by atoms with Crippen molar-refractivity contribution in [1.82, 2.24) is 10.2 Å². The van der Waals surface area contributed by atoms with Gasteiger partial charge in [-0.2, -0.15) is 0 Å². The van der Waals surface area contributed by atoms with E-state index < -0.39 is 29.1 Å². The number of furan rings is 1. The van der Waals surface area contributed by atoms with Crippen molar-refractivity contribution in [2.45, 2.75) is 6.04 Å². The Morgan fingerprint density at radius 3 is 2.63 bits per heavy atom. The number of nitrogens with one attached hydrogen (secondary N) is 2. The summed E-state index contributed by atoms with van der Waals surface area (Å²) in [7, 11) is 0. The van der Waals surface area contributed by atoms with Gasteiger partial charge in [-0.05, 0) is 24.3 Å². The van der Waals surface area contributed by atoms with Gasteiger partial charge in [0, 0.05) is 25.7 Å². The number of halogens is 2. The van der Waals surface area contributed by atoms with Crippen molar-refractivity contribution in [3.63, 3.8) is 0 Å². The van der Waals surface area contributed by atoms with Crippen LogP contribution in [0, 0.1) is 11.6 Å². The third-order valence-corrected chi connectivity index (χ3v) is 4.20. The predicted octanol–water partition coefficient (Wildman–Crippen LogP) is 1.69. The molecule has 0 saturated carbocycles. The number of rotatable bonds is 5. The van der Waals surface area contributed by atoms with Crippen molar-refractivity contribution >= 4 is 17.5 Å². The van der Waals surface area contributed by atoms with Gasteiger partial charge in [0.2, 0.25) is 0 Å². The first-order chi connectivity index (χ1) is 13.0. The maximum atomic E-state index is 13.6. The highest BCUT2D eigenvalue weighted by Crippen LogP contribution is 2.21. The van der Waals surface area contributed by atoms with E-state index in [1.54, 1.807) is 12.1 Å². The summed E-state index contributed by atoms with van der Waals surface area (Å²) >= 11 is 0. The summed E-state index contributed by atoms with van der Waals surface area (Å²) in [6.45, 7) is 2.55. The fraction of sp³-hybridized carbons (Fsp3) is 0.333. The van der Waals surface area contributed by atoms with E-state index in [0.717, 1.165) is 18.2 Å². The summed E-state index contributed by atoms with van der Waals surface area (Å²) in [5.74, 6) is -2.95. The van der Waals surface area contributed by atoms with E-state index >= 15 is 0 Å². The Labute approximate surface area is 154 Å². The van der Waals surface area contributed by atoms with Crippen molar-refractivity contribution in [2.24, 2.45) is 0 Å². The Balaban J connectivity index is 1.61. The van der Waals surface area contributed by atoms with Gasteiger partial charge in [0.1, 0.15) is 17.4 Å². The molecule has 1 aromatic heterocycles. The van der Waals surface area contributed by atoms with Crippen LogP contribution in [0.1, 0.15) is 11.8 Å². The Morgan fingerprint density at radius 2 is 1.93 bits per heavy atom. The molecule has 0 aliphatic carbocycles. The van der Waals surface area contributed by atoms with Crippen molar-refractivity contribution in [1.29, 1.82) is 0 Å². The van der Waals surface area contributed by atoms with Gasteiger partial charge in [0.25, 0.3) is 0 Å². The lowest BCUT2D eigenvalue weighted by Gasteiger charge is -2.33. The van der Waals surface area contributed by atoms with Crippen LogP contribution in [-0.4, -0.2) is 49.6 Å². The number of morpholine rings is 1. The molecule has 1 aromatic carbocycles. The second-order valence-corrected chi connectivity index (χ2v) is 5.97. The number of nitrogens with zero attached hydrogens (tertiary/aromatic N) is 1. The monoisotopic (exact) mass is 379 g/mol. The first kappa shape index (κ1) is 19.0. The van der Waals surface area contributed by atoms with Crippen LogP contribution in [0.5, 0.6) is 0 Å². The SMILES string of the molecule is O=C(NCC(c1ccco1)N1CCOCC1)C(=O)Nc1cc(F)ccc1F. The number of carbonyl (C=O) groups excluding carboxylic acids is 2. The molecule has 27 heavy (non-hydrogen) atoms. The summed E-state index contributed by atoms with van der Waals surface area (Å²) in [6, 6.07) is 5.85. The van der Waals surface area contributed by atoms with Gasteiger partial charge in [0.05, 0.1) is 31.2 Å². The molecule has 7 nitrogen and oxygen atoms in total. The highest BCUT2D eigenvalue weighted by Gasteiger charge is 2.26. The molecular weight excluding hydrogens is 360 g/mol. The molecule has 9 heteroatoms. The normalized spacial score (nSPS) is 15.9. The number of carbonyl (C=O) groups is 2. The van der Waals surface area contributed by atoms with E-state index in [2.05, 4.69) is 15.5 Å². The third kappa shape index (κ3) is 4.89. The molecule has 1 atom stereocenters. The van der Waals surface area contributed by atoms with Gasteiger partial charge < -0.3 is 19.8 Å². The smallest absolute Gasteiger partial charge is 0.313 e. The summed E-state index contributed by atoms with van der Waals surface area (Å²) in [6.07, 6.45) is 1.53. The number of anilines is 1. The fourth-order valence-electron chi connectivity index (χ4n) is 2.82. The Hall–Kier alpha value is -2.78. The molecule has 1 unspecified atom stereocenters. The minimum Gasteiger partial charge on any atom is -0.468 e. The zero-order valence-electron chi connectivity index (χ0n) is 14.4. The van der Waals surface area contributed by atoms with E-state index in [1.807, 2.05) is 0 Å². The molecule has 1 aliphatic heterocycles. The minimum atomic E-state index is -1.08. The van der Waals surface area contributed by atoms with Crippen LogP contribution in [0.2, 0.25) is 0 Å². The molecule has 1 saturated heterocycles. The number of ether oxygens (including phenoxy) is 1. The molecule has 2 amide bonds. The molecule has 1 aliphatic rings. The average Bonchev–Trinajstić information content (AvgIpc) is 3.20. The van der Waals surface area contributed by atoms with E-state index in [1.165, 1.54) is 6.26 Å². The third-order valence-electron chi connectivity index (χ3n) is 4.20. The minimum absolute atomic E-state index is 0.116. The fourth-order valence-corrected chi connectivity index (χ4v) is 2.82. The highest BCUT2D eigenvalue weighted by atomic mass is 19.1. The molecule has 2 heterocycles. The maximum Gasteiger partial charge on any atom is 0.313 e. The van der Waals surface area contributed by atoms with Crippen LogP contribution in [0.3, 0.4) is 0 Å². The first-order valence-corrected chi connectivity index (χ1v) is 8.44. The van der Waals surface area contributed by atoms with Gasteiger partial charge in [0.15, 0.2) is 0 Å². The number of hydrogen-bond donors (Lipinski definition) is 2. The molecule has 144 valence electrons. The van der Waals surface area contributed by atoms with E-state index in [0.29, 0.717) is 32.1 Å². The predicted molar refractivity (Wildman–Crippen MR) is 91.8 cm³/mol. The van der Waals surface area contributed by atoms with Crippen molar-refractivity contribution in [3.8, 4) is 0 Å². The van der Waals surface area contributed by atoms with E-state index in [-0.39, 0.29) is 12.6 Å². The van der Waals surface area contributed by atoms with Crippen LogP contribution < -0.4 is 10.6 Å². The van der Waals surface area contributed by atoms with Crippen LogP contribution in [0.15, 0.2) is 41.0 Å². The van der Waals surface area contributed by atoms with Gasteiger partial charge in [-0.25, -0.2) is 8.78 Å². The van der Waals surface area contributed by atoms with Crippen LogP contribution in [0.25, 0.3) is 0 Å². The zero-order chi connectivity index (χ0) is 19.2. The van der Waals surface area contributed by atoms with Gasteiger partial charge >= 0.3 is 11.8 Å². The summed E-state index contributed by atoms with van der Waals surface area (Å²) < 4.78 is 37.5. The summed E-state index contributed by atoms with van der Waals surface area (Å²) in [4.78, 5) is 26.1. The molecule has 0 spiro atoms. The second kappa shape index (κ2) is 8.74. The topological polar surface area (TPSA) is 83.8 Å². The molecule has 0 bridgehead atoms. The number of benzene rings is 1. The Kier molecular flexibility index (Phi) is 6.15. The largest absolute Gasteiger partial charge is 0.468 e. The molecule has 0 radical (unpaired) electrons. The van der Waals surface area contributed by atoms with Gasteiger partial charge in [-0.3, -0.25) is 14.5 Å². The molecule has 3 rings (SSSR count). The standard InChI is InChI=1S/C18H19F2N3O4/c19-12-3-4-13(20)14(10-12)22-18(25)17(24)21-11-15(16-2-1-7-27-16)23-5-8-26-9-6-23/h1-4,7,10,15H,5-6,8-9,11H2,(H,21,24)(H,22,25). The quantitative estimate of drug-likeness (QED) is 0.773. The number of hydrogen-bond acceptors (Lipinski definition) is 5.